The number of amides is 1. The van der Waals surface area contributed by atoms with Crippen LogP contribution in [-0.4, -0.2) is 17.4 Å². The zero-order valence-corrected chi connectivity index (χ0v) is 13.1. The first-order chi connectivity index (χ1) is 9.65. The van der Waals surface area contributed by atoms with Gasteiger partial charge in [0.2, 0.25) is 5.91 Å². The quantitative estimate of drug-likeness (QED) is 0.612. The molecule has 2 rings (SSSR count). The Balaban J connectivity index is 1.65. The second kappa shape index (κ2) is 7.79. The maximum absolute atomic E-state index is 11.8. The highest BCUT2D eigenvalue weighted by Crippen LogP contribution is 2.28. The van der Waals surface area contributed by atoms with Crippen LogP contribution in [0.25, 0.3) is 0 Å². The van der Waals surface area contributed by atoms with Gasteiger partial charge in [-0.3, -0.25) is 4.79 Å². The molecule has 1 saturated carbocycles. The van der Waals surface area contributed by atoms with Crippen LogP contribution in [0.2, 0.25) is 5.02 Å². The van der Waals surface area contributed by atoms with E-state index in [1.54, 1.807) is 18.2 Å². The zero-order valence-electron chi connectivity index (χ0n) is 11.5. The number of anilines is 2. The number of hydrogen-bond acceptors (Lipinski definition) is 3. The summed E-state index contributed by atoms with van der Waals surface area (Å²) in [6.45, 7) is 0. The van der Waals surface area contributed by atoms with E-state index >= 15 is 0 Å². The van der Waals surface area contributed by atoms with Gasteiger partial charge in [-0.15, -0.1) is 0 Å². The van der Waals surface area contributed by atoms with Crippen LogP contribution in [-0.2, 0) is 4.79 Å². The van der Waals surface area contributed by atoms with Crippen LogP contribution < -0.4 is 11.1 Å². The molecule has 0 saturated heterocycles. The monoisotopic (exact) mass is 312 g/mol. The maximum atomic E-state index is 11.8. The lowest BCUT2D eigenvalue weighted by Gasteiger charge is -2.09. The van der Waals surface area contributed by atoms with Crippen LogP contribution in [0.1, 0.15) is 32.1 Å². The Bertz CT molecular complexity index is 461. The van der Waals surface area contributed by atoms with Crippen LogP contribution in [0.15, 0.2) is 18.2 Å². The smallest absolute Gasteiger partial charge is 0.225 e. The van der Waals surface area contributed by atoms with Crippen LogP contribution in [0.3, 0.4) is 0 Å². The third-order valence-corrected chi connectivity index (χ3v) is 5.13. The molecule has 0 aromatic heterocycles. The van der Waals surface area contributed by atoms with Crippen LogP contribution in [0, 0.1) is 5.92 Å². The van der Waals surface area contributed by atoms with Crippen LogP contribution in [0.4, 0.5) is 11.4 Å². The first-order valence-electron chi connectivity index (χ1n) is 7.08. The van der Waals surface area contributed by atoms with Gasteiger partial charge in [0.1, 0.15) is 0 Å². The number of nitrogens with one attached hydrogen (secondary N) is 1. The van der Waals surface area contributed by atoms with Crippen molar-refractivity contribution in [3.63, 3.8) is 0 Å². The van der Waals surface area contributed by atoms with E-state index < -0.39 is 0 Å². The molecule has 3 N–H and O–H groups in total. The van der Waals surface area contributed by atoms with Gasteiger partial charge in [-0.25, -0.2) is 0 Å². The van der Waals surface area contributed by atoms with Gasteiger partial charge in [-0.05, 0) is 42.7 Å². The second-order valence-corrected chi connectivity index (χ2v) is 6.82. The molecule has 0 spiro atoms. The summed E-state index contributed by atoms with van der Waals surface area (Å²) >= 11 is 7.73. The summed E-state index contributed by atoms with van der Waals surface area (Å²) in [4.78, 5) is 11.8. The summed E-state index contributed by atoms with van der Waals surface area (Å²) in [6.07, 6.45) is 6.03. The SMILES string of the molecule is Nc1cc(NC(=O)CCSCC2CCCC2)ccc1Cl. The molecule has 110 valence electrons. The van der Waals surface area contributed by atoms with Gasteiger partial charge in [-0.2, -0.15) is 11.8 Å². The van der Waals surface area contributed by atoms with Crippen molar-refractivity contribution in [2.45, 2.75) is 32.1 Å². The number of nitrogen functional groups attached to an aromatic ring is 1. The van der Waals surface area contributed by atoms with E-state index in [1.165, 1.54) is 31.4 Å². The van der Waals surface area contributed by atoms with Crippen LogP contribution >= 0.6 is 23.4 Å². The number of rotatable bonds is 6. The summed E-state index contributed by atoms with van der Waals surface area (Å²) < 4.78 is 0. The summed E-state index contributed by atoms with van der Waals surface area (Å²) in [5.41, 5.74) is 6.89. The Morgan fingerprint density at radius 2 is 2.15 bits per heavy atom. The van der Waals surface area contributed by atoms with Gasteiger partial charge < -0.3 is 11.1 Å². The van der Waals surface area contributed by atoms with Crippen molar-refractivity contribution in [2.24, 2.45) is 5.92 Å². The number of benzene rings is 1. The summed E-state index contributed by atoms with van der Waals surface area (Å²) in [6, 6.07) is 5.15. The molecule has 1 amide bonds. The molecule has 0 aliphatic heterocycles. The van der Waals surface area contributed by atoms with Gasteiger partial charge in [0.05, 0.1) is 10.7 Å². The molecule has 1 aromatic rings. The normalized spacial score (nSPS) is 15.4. The Morgan fingerprint density at radius 3 is 2.85 bits per heavy atom. The lowest BCUT2D eigenvalue weighted by Crippen LogP contribution is -2.12. The van der Waals surface area contributed by atoms with Crippen molar-refractivity contribution in [3.05, 3.63) is 23.2 Å². The molecule has 0 unspecified atom stereocenters. The Kier molecular flexibility index (Phi) is 6.05. The molecule has 1 aliphatic rings. The zero-order chi connectivity index (χ0) is 14.4. The van der Waals surface area contributed by atoms with Crippen molar-refractivity contribution in [2.75, 3.05) is 22.6 Å². The summed E-state index contributed by atoms with van der Waals surface area (Å²) in [5, 5.41) is 3.36. The number of carbonyl (C=O) groups excluding carboxylic acids is 1. The minimum Gasteiger partial charge on any atom is -0.397 e. The van der Waals surface area contributed by atoms with Crippen molar-refractivity contribution in [1.29, 1.82) is 0 Å². The summed E-state index contributed by atoms with van der Waals surface area (Å²) in [7, 11) is 0. The highest BCUT2D eigenvalue weighted by atomic mass is 35.5. The largest absolute Gasteiger partial charge is 0.397 e. The molecule has 5 heteroatoms. The average molecular weight is 313 g/mol. The fourth-order valence-corrected chi connectivity index (χ4v) is 3.72. The number of hydrogen-bond donors (Lipinski definition) is 2. The molecule has 1 aromatic carbocycles. The molecule has 1 aliphatic carbocycles. The van der Waals surface area contributed by atoms with E-state index in [9.17, 15) is 4.79 Å². The summed E-state index contributed by atoms with van der Waals surface area (Å²) in [5.74, 6) is 2.98. The number of thioether (sulfide) groups is 1. The van der Waals surface area contributed by atoms with Gasteiger partial charge >= 0.3 is 0 Å². The number of halogens is 1. The number of carbonyl (C=O) groups is 1. The Hall–Kier alpha value is -0.870. The van der Waals surface area contributed by atoms with E-state index in [-0.39, 0.29) is 5.91 Å². The fraction of sp³-hybridized carbons (Fsp3) is 0.533. The minimum absolute atomic E-state index is 0.0330. The predicted octanol–water partition coefficient (Wildman–Crippen LogP) is 4.17. The van der Waals surface area contributed by atoms with E-state index in [2.05, 4.69) is 5.32 Å². The highest BCUT2D eigenvalue weighted by molar-refractivity contribution is 7.99. The Morgan fingerprint density at radius 1 is 1.40 bits per heavy atom. The van der Waals surface area contributed by atoms with E-state index in [1.807, 2.05) is 11.8 Å². The first kappa shape index (κ1) is 15.5. The van der Waals surface area contributed by atoms with Crippen molar-refractivity contribution in [3.8, 4) is 0 Å². The molecule has 3 nitrogen and oxygen atoms in total. The minimum atomic E-state index is 0.0330. The molecular weight excluding hydrogens is 292 g/mol. The van der Waals surface area contributed by atoms with Gasteiger partial charge in [0.25, 0.3) is 0 Å². The van der Waals surface area contributed by atoms with Crippen LogP contribution in [0.5, 0.6) is 0 Å². The standard InChI is InChI=1S/C15H21ClN2OS/c16-13-6-5-12(9-14(13)17)18-15(19)7-8-20-10-11-3-1-2-4-11/h5-6,9,11H,1-4,7-8,10,17H2,(H,18,19). The Labute approximate surface area is 129 Å². The third kappa shape index (κ3) is 4.91. The van der Waals surface area contributed by atoms with Crippen molar-refractivity contribution >= 4 is 40.6 Å². The van der Waals surface area contributed by atoms with Gasteiger partial charge in [0, 0.05) is 17.9 Å². The molecule has 0 bridgehead atoms. The van der Waals surface area contributed by atoms with Gasteiger partial charge in [-0.1, -0.05) is 24.4 Å². The second-order valence-electron chi connectivity index (χ2n) is 5.26. The van der Waals surface area contributed by atoms with E-state index in [0.29, 0.717) is 22.8 Å². The lowest BCUT2D eigenvalue weighted by atomic mass is 10.1. The lowest BCUT2D eigenvalue weighted by molar-refractivity contribution is -0.115. The third-order valence-electron chi connectivity index (χ3n) is 3.58. The van der Waals surface area contributed by atoms with Crippen molar-refractivity contribution in [1.82, 2.24) is 0 Å². The highest BCUT2D eigenvalue weighted by Gasteiger charge is 2.14. The fourth-order valence-electron chi connectivity index (χ4n) is 2.44. The molecular formula is C15H21ClN2OS. The molecule has 0 atom stereocenters. The van der Waals surface area contributed by atoms with Gasteiger partial charge in [0.15, 0.2) is 0 Å². The maximum Gasteiger partial charge on any atom is 0.225 e. The molecule has 0 radical (unpaired) electrons. The first-order valence-corrected chi connectivity index (χ1v) is 8.61. The average Bonchev–Trinajstić information content (AvgIpc) is 2.92. The molecule has 0 heterocycles. The molecule has 20 heavy (non-hydrogen) atoms. The molecule has 1 fully saturated rings. The van der Waals surface area contributed by atoms with E-state index in [4.69, 9.17) is 17.3 Å². The predicted molar refractivity (Wildman–Crippen MR) is 88.4 cm³/mol. The topological polar surface area (TPSA) is 55.1 Å². The number of nitrogens with two attached hydrogens (primary N) is 1. The van der Waals surface area contributed by atoms with Crippen molar-refractivity contribution < 1.29 is 4.79 Å². The van der Waals surface area contributed by atoms with E-state index in [0.717, 1.165) is 11.7 Å².